The Labute approximate surface area is 157 Å². The highest BCUT2D eigenvalue weighted by atomic mass is 32.2. The van der Waals surface area contributed by atoms with Crippen molar-refractivity contribution in [1.82, 2.24) is 19.6 Å². The number of hydrogen-bond donors (Lipinski definition) is 0. The normalized spacial score (nSPS) is 18.9. The van der Waals surface area contributed by atoms with Crippen LogP contribution in [0.15, 0.2) is 13.9 Å². The first-order valence-corrected chi connectivity index (χ1v) is 10.2. The lowest BCUT2D eigenvalue weighted by molar-refractivity contribution is 0.00436. The van der Waals surface area contributed by atoms with Crippen LogP contribution in [0.3, 0.4) is 0 Å². The lowest BCUT2D eigenvalue weighted by Crippen LogP contribution is -2.43. The lowest BCUT2D eigenvalue weighted by atomic mass is 10.1. The van der Waals surface area contributed by atoms with Crippen molar-refractivity contribution < 1.29 is 26.9 Å². The number of ether oxygens (including phenoxy) is 2. The van der Waals surface area contributed by atoms with Crippen molar-refractivity contribution in [3.05, 3.63) is 23.2 Å². The van der Waals surface area contributed by atoms with E-state index in [0.29, 0.717) is 49.2 Å². The maximum Gasteiger partial charge on any atom is 0.248 e. The summed E-state index contributed by atoms with van der Waals surface area (Å²) in [6, 6.07) is 0. The van der Waals surface area contributed by atoms with Gasteiger partial charge >= 0.3 is 0 Å². The van der Waals surface area contributed by atoms with E-state index in [2.05, 4.69) is 15.3 Å². The summed E-state index contributed by atoms with van der Waals surface area (Å²) in [5, 5.41) is 7.61. The van der Waals surface area contributed by atoms with Crippen LogP contribution in [0.1, 0.15) is 36.0 Å². The molecule has 1 fully saturated rings. The molecule has 1 atom stereocenters. The first-order chi connectivity index (χ1) is 12.9. The topological polar surface area (TPSA) is 121 Å². The van der Waals surface area contributed by atoms with E-state index >= 15 is 0 Å². The summed E-state index contributed by atoms with van der Waals surface area (Å²) < 4.78 is 48.2. The van der Waals surface area contributed by atoms with E-state index in [1.165, 1.54) is 4.31 Å². The standard InChI is InChI=1S/C16H24N4O6S/c1-11-16(12(2)25-18-11)27(21,22)20-7-4-5-13(9-20)24-10-14-17-15(26-19-14)6-8-23-3/h13H,4-10H2,1-3H3. The minimum Gasteiger partial charge on any atom is -0.384 e. The van der Waals surface area contributed by atoms with E-state index in [4.69, 9.17) is 18.5 Å². The molecule has 27 heavy (non-hydrogen) atoms. The van der Waals surface area contributed by atoms with Crippen LogP contribution in [-0.2, 0) is 32.5 Å². The molecule has 0 bridgehead atoms. The SMILES string of the molecule is COCCc1nc(COC2CCCN(S(=O)(=O)c3c(C)noc3C)C2)no1. The van der Waals surface area contributed by atoms with E-state index in [1.807, 2.05) is 0 Å². The molecule has 10 nitrogen and oxygen atoms in total. The van der Waals surface area contributed by atoms with Gasteiger partial charge in [0.15, 0.2) is 11.6 Å². The Bertz CT molecular complexity index is 843. The van der Waals surface area contributed by atoms with Crippen molar-refractivity contribution in [2.45, 2.75) is 50.7 Å². The minimum atomic E-state index is -3.67. The van der Waals surface area contributed by atoms with Gasteiger partial charge in [-0.05, 0) is 26.7 Å². The molecule has 1 unspecified atom stereocenters. The molecule has 0 aliphatic carbocycles. The number of nitrogens with zero attached hydrogens (tertiary/aromatic N) is 4. The van der Waals surface area contributed by atoms with Gasteiger partial charge in [0.25, 0.3) is 0 Å². The largest absolute Gasteiger partial charge is 0.384 e. The zero-order chi connectivity index (χ0) is 19.4. The molecule has 0 amide bonds. The van der Waals surface area contributed by atoms with Gasteiger partial charge in [0.2, 0.25) is 15.9 Å². The van der Waals surface area contributed by atoms with Gasteiger partial charge in [-0.2, -0.15) is 9.29 Å². The van der Waals surface area contributed by atoms with Crippen molar-refractivity contribution in [3.8, 4) is 0 Å². The molecule has 150 valence electrons. The number of sulfonamides is 1. The Morgan fingerprint density at radius 1 is 1.26 bits per heavy atom. The lowest BCUT2D eigenvalue weighted by Gasteiger charge is -2.31. The van der Waals surface area contributed by atoms with Crippen molar-refractivity contribution in [3.63, 3.8) is 0 Å². The van der Waals surface area contributed by atoms with Gasteiger partial charge in [-0.15, -0.1) is 0 Å². The average Bonchev–Trinajstić information content (AvgIpc) is 3.24. The monoisotopic (exact) mass is 400 g/mol. The average molecular weight is 400 g/mol. The molecule has 0 aromatic carbocycles. The molecule has 1 aliphatic heterocycles. The van der Waals surface area contributed by atoms with Crippen molar-refractivity contribution in [2.75, 3.05) is 26.8 Å². The fraction of sp³-hybridized carbons (Fsp3) is 0.688. The van der Waals surface area contributed by atoms with Gasteiger partial charge in [0.05, 0.1) is 19.1 Å². The number of aryl methyl sites for hydroxylation is 2. The summed E-state index contributed by atoms with van der Waals surface area (Å²) in [6.45, 7) is 4.59. The van der Waals surface area contributed by atoms with E-state index in [1.54, 1.807) is 21.0 Å². The van der Waals surface area contributed by atoms with Crippen molar-refractivity contribution >= 4 is 10.0 Å². The zero-order valence-electron chi connectivity index (χ0n) is 15.7. The number of methoxy groups -OCH3 is 1. The van der Waals surface area contributed by atoms with Crippen LogP contribution in [0.5, 0.6) is 0 Å². The molecule has 2 aromatic heterocycles. The highest BCUT2D eigenvalue weighted by molar-refractivity contribution is 7.89. The Kier molecular flexibility index (Phi) is 6.25. The van der Waals surface area contributed by atoms with Crippen LogP contribution < -0.4 is 0 Å². The van der Waals surface area contributed by atoms with E-state index < -0.39 is 10.0 Å². The number of rotatable bonds is 8. The Morgan fingerprint density at radius 3 is 2.78 bits per heavy atom. The highest BCUT2D eigenvalue weighted by Gasteiger charge is 2.34. The third-order valence-corrected chi connectivity index (χ3v) is 6.50. The molecule has 3 heterocycles. The van der Waals surface area contributed by atoms with Gasteiger partial charge < -0.3 is 18.5 Å². The molecule has 0 spiro atoms. The summed E-state index contributed by atoms with van der Waals surface area (Å²) in [7, 11) is -2.07. The van der Waals surface area contributed by atoms with Crippen LogP contribution in [0.4, 0.5) is 0 Å². The second-order valence-corrected chi connectivity index (χ2v) is 8.31. The fourth-order valence-corrected chi connectivity index (χ4v) is 4.86. The first kappa shape index (κ1) is 19.9. The van der Waals surface area contributed by atoms with E-state index in [0.717, 1.165) is 6.42 Å². The Hall–Kier alpha value is -1.82. The quantitative estimate of drug-likeness (QED) is 0.644. The molecular weight excluding hydrogens is 376 g/mol. The molecule has 1 aliphatic rings. The maximum absolute atomic E-state index is 12.9. The van der Waals surface area contributed by atoms with Gasteiger partial charge in [-0.3, -0.25) is 0 Å². The van der Waals surface area contributed by atoms with Gasteiger partial charge in [-0.1, -0.05) is 10.3 Å². The van der Waals surface area contributed by atoms with Crippen LogP contribution in [-0.4, -0.2) is 60.9 Å². The minimum absolute atomic E-state index is 0.143. The number of hydrogen-bond acceptors (Lipinski definition) is 9. The summed E-state index contributed by atoms with van der Waals surface area (Å²) in [4.78, 5) is 4.37. The summed E-state index contributed by atoms with van der Waals surface area (Å²) >= 11 is 0. The van der Waals surface area contributed by atoms with Crippen LogP contribution in [0, 0.1) is 13.8 Å². The van der Waals surface area contributed by atoms with Crippen LogP contribution >= 0.6 is 0 Å². The second-order valence-electron chi connectivity index (χ2n) is 6.44. The van der Waals surface area contributed by atoms with Crippen molar-refractivity contribution in [1.29, 1.82) is 0 Å². The Morgan fingerprint density at radius 2 is 2.07 bits per heavy atom. The summed E-state index contributed by atoms with van der Waals surface area (Å²) in [6.07, 6.45) is 1.77. The molecule has 1 saturated heterocycles. The van der Waals surface area contributed by atoms with Gasteiger partial charge in [0.1, 0.15) is 17.2 Å². The third kappa shape index (κ3) is 4.54. The second kappa shape index (κ2) is 8.46. The number of piperidine rings is 1. The third-order valence-electron chi connectivity index (χ3n) is 4.38. The number of aromatic nitrogens is 3. The fourth-order valence-electron chi connectivity index (χ4n) is 3.06. The van der Waals surface area contributed by atoms with E-state index in [-0.39, 0.29) is 24.2 Å². The van der Waals surface area contributed by atoms with Gasteiger partial charge in [-0.25, -0.2) is 8.42 Å². The first-order valence-electron chi connectivity index (χ1n) is 8.77. The summed E-state index contributed by atoms with van der Waals surface area (Å²) in [5.74, 6) is 1.22. The maximum atomic E-state index is 12.9. The molecule has 0 saturated carbocycles. The van der Waals surface area contributed by atoms with Crippen LogP contribution in [0.25, 0.3) is 0 Å². The molecule has 2 aromatic rings. The molecule has 0 radical (unpaired) electrons. The zero-order valence-corrected chi connectivity index (χ0v) is 16.5. The summed E-state index contributed by atoms with van der Waals surface area (Å²) in [5.41, 5.74) is 0.367. The Balaban J connectivity index is 1.60. The van der Waals surface area contributed by atoms with Gasteiger partial charge in [0, 0.05) is 20.2 Å². The molecule has 3 rings (SSSR count). The molecular formula is C16H24N4O6S. The van der Waals surface area contributed by atoms with E-state index in [9.17, 15) is 8.42 Å². The predicted octanol–water partition coefficient (Wildman–Crippen LogP) is 1.23. The molecule has 0 N–H and O–H groups in total. The smallest absolute Gasteiger partial charge is 0.248 e. The highest BCUT2D eigenvalue weighted by Crippen LogP contribution is 2.26. The predicted molar refractivity (Wildman–Crippen MR) is 92.4 cm³/mol. The van der Waals surface area contributed by atoms with Crippen LogP contribution in [0.2, 0.25) is 0 Å². The molecule has 11 heteroatoms. The van der Waals surface area contributed by atoms with Crippen molar-refractivity contribution in [2.24, 2.45) is 0 Å².